The number of anilines is 1. The van der Waals surface area contributed by atoms with Gasteiger partial charge in [-0.05, 0) is 50.4 Å². The van der Waals surface area contributed by atoms with E-state index in [1.54, 1.807) is 6.92 Å². The maximum absolute atomic E-state index is 12.2. The number of imidazole rings is 1. The number of hydrogen-bond acceptors (Lipinski definition) is 11. The number of nitrogens with zero attached hydrogens (tertiary/aromatic N) is 4. The van der Waals surface area contributed by atoms with E-state index in [2.05, 4.69) is 36.8 Å². The molecule has 2 aliphatic rings. The van der Waals surface area contributed by atoms with Crippen molar-refractivity contribution in [2.45, 2.75) is 63.6 Å². The van der Waals surface area contributed by atoms with Gasteiger partial charge in [-0.3, -0.25) is 9.36 Å². The van der Waals surface area contributed by atoms with Gasteiger partial charge in [0.1, 0.15) is 17.7 Å². The molecular weight excluding hydrogens is 484 g/mol. The summed E-state index contributed by atoms with van der Waals surface area (Å²) >= 11 is 0. The van der Waals surface area contributed by atoms with Gasteiger partial charge in [0.05, 0.1) is 20.0 Å². The molecule has 3 heterocycles. The Kier molecular flexibility index (Phi) is 8.42. The van der Waals surface area contributed by atoms with Gasteiger partial charge in [0.2, 0.25) is 5.82 Å². The fraction of sp³-hybridized carbons (Fsp3) is 0.625. The van der Waals surface area contributed by atoms with Crippen molar-refractivity contribution >= 4 is 29.0 Å². The number of ether oxygens (including phenoxy) is 3. The first-order valence-electron chi connectivity index (χ1n) is 12.3. The fourth-order valence-corrected chi connectivity index (χ4v) is 4.68. The number of aliphatic hydroxyl groups excluding tert-OH is 2. The molecule has 13 heteroatoms. The highest BCUT2D eigenvalue weighted by Crippen LogP contribution is 2.33. The summed E-state index contributed by atoms with van der Waals surface area (Å²) in [6, 6.07) is 0. The van der Waals surface area contributed by atoms with Gasteiger partial charge >= 0.3 is 6.16 Å². The lowest BCUT2D eigenvalue weighted by Crippen LogP contribution is -2.42. The largest absolute Gasteiger partial charge is 0.507 e. The van der Waals surface area contributed by atoms with Crippen molar-refractivity contribution in [3.05, 3.63) is 12.2 Å². The zero-order chi connectivity index (χ0) is 26.5. The van der Waals surface area contributed by atoms with E-state index in [0.29, 0.717) is 36.9 Å². The lowest BCUT2D eigenvalue weighted by atomic mass is 9.81. The van der Waals surface area contributed by atoms with Gasteiger partial charge in [0.25, 0.3) is 5.91 Å². The molecule has 2 aromatic rings. The summed E-state index contributed by atoms with van der Waals surface area (Å²) in [4.78, 5) is 36.2. The molecule has 37 heavy (non-hydrogen) atoms. The van der Waals surface area contributed by atoms with Gasteiger partial charge in [-0.15, -0.1) is 0 Å². The molecule has 1 unspecified atom stereocenters. The first-order chi connectivity index (χ1) is 17.8. The zero-order valence-electron chi connectivity index (χ0n) is 20.8. The predicted octanol–water partition coefficient (Wildman–Crippen LogP) is 0.495. The molecule has 1 saturated heterocycles. The Morgan fingerprint density at radius 2 is 1.95 bits per heavy atom. The Morgan fingerprint density at radius 3 is 2.65 bits per heavy atom. The molecule has 2 aromatic heterocycles. The third-order valence-electron chi connectivity index (χ3n) is 6.73. The number of nitrogen functional groups attached to an aromatic ring is 1. The topological polar surface area (TPSA) is 184 Å². The van der Waals surface area contributed by atoms with E-state index in [1.165, 1.54) is 18.0 Å². The summed E-state index contributed by atoms with van der Waals surface area (Å²) in [6.07, 6.45) is 0.0896. The Hall–Kier alpha value is -3.47. The number of amides is 1. The van der Waals surface area contributed by atoms with Crippen LogP contribution in [0.3, 0.4) is 0 Å². The number of nitrogens with one attached hydrogen (secondary N) is 1. The second-order valence-corrected chi connectivity index (χ2v) is 9.24. The molecule has 2 fully saturated rings. The molecule has 1 saturated carbocycles. The van der Waals surface area contributed by atoms with Crippen LogP contribution in [0.15, 0.2) is 6.33 Å². The molecule has 4 rings (SSSR count). The number of aliphatic hydroxyl groups is 2. The molecule has 1 amide bonds. The third-order valence-corrected chi connectivity index (χ3v) is 6.73. The Balaban J connectivity index is 1.42. The fourth-order valence-electron chi connectivity index (χ4n) is 4.68. The molecule has 0 radical (unpaired) electrons. The van der Waals surface area contributed by atoms with Crippen molar-refractivity contribution in [2.24, 2.45) is 11.8 Å². The number of likely N-dealkylation sites (N-methyl/N-ethyl adjacent to an activating group) is 1. The molecule has 0 spiro atoms. The van der Waals surface area contributed by atoms with Crippen molar-refractivity contribution in [3.8, 4) is 11.8 Å². The van der Waals surface area contributed by atoms with E-state index < -0.39 is 36.6 Å². The summed E-state index contributed by atoms with van der Waals surface area (Å²) in [5.74, 6) is 6.63. The van der Waals surface area contributed by atoms with Crippen LogP contribution in [0.1, 0.15) is 51.1 Å². The van der Waals surface area contributed by atoms with Crippen molar-refractivity contribution < 1.29 is 34.0 Å². The maximum atomic E-state index is 12.2. The Morgan fingerprint density at radius 1 is 1.22 bits per heavy atom. The van der Waals surface area contributed by atoms with Gasteiger partial charge in [-0.1, -0.05) is 5.92 Å². The van der Waals surface area contributed by atoms with Gasteiger partial charge in [0, 0.05) is 13.0 Å². The highest BCUT2D eigenvalue weighted by molar-refractivity contribution is 5.83. The quantitative estimate of drug-likeness (QED) is 0.309. The van der Waals surface area contributed by atoms with Crippen molar-refractivity contribution in [1.29, 1.82) is 0 Å². The van der Waals surface area contributed by atoms with Crippen LogP contribution in [0.2, 0.25) is 0 Å². The van der Waals surface area contributed by atoms with E-state index in [-0.39, 0.29) is 17.3 Å². The van der Waals surface area contributed by atoms with Gasteiger partial charge in [0.15, 0.2) is 23.8 Å². The van der Waals surface area contributed by atoms with E-state index >= 15 is 0 Å². The maximum Gasteiger partial charge on any atom is 0.507 e. The van der Waals surface area contributed by atoms with Crippen molar-refractivity contribution in [3.63, 3.8) is 0 Å². The number of carbonyl (C=O) groups is 2. The van der Waals surface area contributed by atoms with Crippen LogP contribution >= 0.6 is 0 Å². The number of carbonyl (C=O) groups excluding carboxylic acids is 2. The van der Waals surface area contributed by atoms with Crippen LogP contribution in [0.25, 0.3) is 11.2 Å². The van der Waals surface area contributed by atoms with Gasteiger partial charge in [-0.25, -0.2) is 19.7 Å². The summed E-state index contributed by atoms with van der Waals surface area (Å²) in [7, 11) is 1.29. The average molecular weight is 517 g/mol. The molecule has 13 nitrogen and oxygen atoms in total. The third kappa shape index (κ3) is 5.93. The van der Waals surface area contributed by atoms with Crippen LogP contribution in [0, 0.1) is 23.7 Å². The smallest absolute Gasteiger partial charge is 0.438 e. The Bertz CT molecular complexity index is 1180. The number of fused-ring (bicyclic) bond motifs is 1. The van der Waals surface area contributed by atoms with Gasteiger partial charge in [-0.2, -0.15) is 0 Å². The molecule has 200 valence electrons. The lowest BCUT2D eigenvalue weighted by Gasteiger charge is -2.26. The van der Waals surface area contributed by atoms with Crippen LogP contribution in [-0.2, 0) is 19.0 Å². The minimum atomic E-state index is -1.42. The molecule has 1 aliphatic heterocycles. The normalized spacial score (nSPS) is 27.4. The summed E-state index contributed by atoms with van der Waals surface area (Å²) in [5.41, 5.74) is 6.65. The number of rotatable bonds is 6. The van der Waals surface area contributed by atoms with Gasteiger partial charge < -0.3 is 35.5 Å². The summed E-state index contributed by atoms with van der Waals surface area (Å²) in [5, 5.41) is 23.5. The standard InChI is InChI=1S/C24H32N6O7/c1-3-26-22(33)19-17(31)18(32)23(37-19)30-12-27-16-20(25)28-15(29-21(16)30)6-4-5-13-7-9-14(10-8-13)11-36-24(34)35-2/h12-14,17-19,23,31-32H,3,5,7-11H2,1-2H3,(H,26,33)(H2,25,28,29)/t13?,14?,17?,18-,19-,23+/m0/s1. The Labute approximate surface area is 213 Å². The number of methoxy groups -OCH3 is 1. The highest BCUT2D eigenvalue weighted by atomic mass is 16.7. The van der Waals surface area contributed by atoms with Crippen LogP contribution in [0.4, 0.5) is 10.6 Å². The van der Waals surface area contributed by atoms with E-state index in [1.807, 2.05) is 0 Å². The zero-order valence-corrected chi connectivity index (χ0v) is 20.8. The van der Waals surface area contributed by atoms with E-state index in [4.69, 9.17) is 15.2 Å². The van der Waals surface area contributed by atoms with Crippen LogP contribution < -0.4 is 11.1 Å². The minimum Gasteiger partial charge on any atom is -0.438 e. The summed E-state index contributed by atoms with van der Waals surface area (Å²) < 4.78 is 16.7. The second kappa shape index (κ2) is 11.7. The average Bonchev–Trinajstić information content (AvgIpc) is 3.44. The SMILES string of the molecule is CCNC(=O)[C@H]1O[C@@H](n2cnc3c(N)nc(C#CCC4CCC(COC(=O)OC)CC4)nc32)[C@@H](O)C1O. The van der Waals surface area contributed by atoms with E-state index in [0.717, 1.165) is 25.7 Å². The molecule has 5 N–H and O–H groups in total. The predicted molar refractivity (Wildman–Crippen MR) is 130 cm³/mol. The molecule has 0 bridgehead atoms. The highest BCUT2D eigenvalue weighted by Gasteiger charge is 2.47. The number of aromatic nitrogens is 4. The number of nitrogens with two attached hydrogens (primary N) is 1. The molecule has 1 aliphatic carbocycles. The lowest BCUT2D eigenvalue weighted by molar-refractivity contribution is -0.137. The van der Waals surface area contributed by atoms with Crippen LogP contribution in [-0.4, -0.2) is 80.4 Å². The second-order valence-electron chi connectivity index (χ2n) is 9.24. The van der Waals surface area contributed by atoms with E-state index in [9.17, 15) is 19.8 Å². The molecular formula is C24H32N6O7. The molecule has 4 atom stereocenters. The monoisotopic (exact) mass is 516 g/mol. The first-order valence-corrected chi connectivity index (χ1v) is 12.3. The van der Waals surface area contributed by atoms with Crippen molar-refractivity contribution in [2.75, 3.05) is 26.0 Å². The summed E-state index contributed by atoms with van der Waals surface area (Å²) in [6.45, 7) is 2.47. The van der Waals surface area contributed by atoms with Crippen molar-refractivity contribution in [1.82, 2.24) is 24.8 Å². The minimum absolute atomic E-state index is 0.118. The number of hydrogen-bond donors (Lipinski definition) is 4. The first kappa shape index (κ1) is 26.6. The van der Waals surface area contributed by atoms with Crippen LogP contribution in [0.5, 0.6) is 0 Å². The molecule has 0 aromatic carbocycles.